The first-order valence-electron chi connectivity index (χ1n) is 7.26. The largest absolute Gasteiger partial charge is 0.417 e. The van der Waals surface area contributed by atoms with Gasteiger partial charge in [0.2, 0.25) is 5.91 Å². The van der Waals surface area contributed by atoms with Crippen LogP contribution in [0.2, 0.25) is 0 Å². The number of aliphatic hydroxyl groups excluding tert-OH is 1. The van der Waals surface area contributed by atoms with Crippen LogP contribution in [-0.4, -0.2) is 24.7 Å². The van der Waals surface area contributed by atoms with Crippen molar-refractivity contribution in [3.8, 4) is 6.07 Å². The van der Waals surface area contributed by atoms with E-state index in [-0.39, 0.29) is 17.5 Å². The molecule has 1 aliphatic heterocycles. The fourth-order valence-corrected chi connectivity index (χ4v) is 2.90. The van der Waals surface area contributed by atoms with E-state index in [0.29, 0.717) is 18.9 Å². The third-order valence-corrected chi connectivity index (χ3v) is 4.18. The van der Waals surface area contributed by atoms with E-state index in [0.717, 1.165) is 32.1 Å². The molecule has 0 spiro atoms. The number of nitrogens with zero attached hydrogens (tertiary/aromatic N) is 2. The highest BCUT2D eigenvalue weighted by atomic mass is 19.4. The highest BCUT2D eigenvalue weighted by molar-refractivity contribution is 5.96. The van der Waals surface area contributed by atoms with E-state index in [1.807, 2.05) is 0 Å². The standard InChI is InChI=1S/C15H13F3N2O.CH4O/c16-15(17,18)13-6-12(4-3-10(13)7-19)20-8-11(5-14(20)21)9-1-2-9;1-2/h3-4,6,9,11H,1-2,5,8H2;2H,1H3. The molecule has 1 aromatic carbocycles. The van der Waals surface area contributed by atoms with Gasteiger partial charge in [-0.1, -0.05) is 0 Å². The first kappa shape index (κ1) is 17.3. The van der Waals surface area contributed by atoms with Crippen molar-refractivity contribution in [1.29, 1.82) is 5.26 Å². The third-order valence-electron chi connectivity index (χ3n) is 4.18. The molecule has 1 heterocycles. The van der Waals surface area contributed by atoms with Crippen molar-refractivity contribution in [3.63, 3.8) is 0 Å². The summed E-state index contributed by atoms with van der Waals surface area (Å²) in [6.45, 7) is 0.479. The Morgan fingerprint density at radius 3 is 2.43 bits per heavy atom. The lowest BCUT2D eigenvalue weighted by atomic mass is 10.0. The summed E-state index contributed by atoms with van der Waals surface area (Å²) in [5.74, 6) is 0.659. The average Bonchev–Trinajstić information content (AvgIpc) is 3.31. The Morgan fingerprint density at radius 2 is 1.91 bits per heavy atom. The SMILES string of the molecule is CO.N#Cc1ccc(N2CC(C3CC3)CC2=O)cc1C(F)(F)F. The van der Waals surface area contributed by atoms with Crippen LogP contribution >= 0.6 is 0 Å². The van der Waals surface area contributed by atoms with Crippen LogP contribution in [-0.2, 0) is 11.0 Å². The molecule has 2 fully saturated rings. The zero-order valence-corrected chi connectivity index (χ0v) is 12.6. The zero-order chi connectivity index (χ0) is 17.2. The van der Waals surface area contributed by atoms with E-state index < -0.39 is 17.3 Å². The molecule has 1 aromatic rings. The Morgan fingerprint density at radius 1 is 1.26 bits per heavy atom. The van der Waals surface area contributed by atoms with Gasteiger partial charge in [0, 0.05) is 25.8 Å². The van der Waals surface area contributed by atoms with Crippen molar-refractivity contribution in [2.75, 3.05) is 18.6 Å². The van der Waals surface area contributed by atoms with Crippen LogP contribution in [0.4, 0.5) is 18.9 Å². The number of hydrogen-bond acceptors (Lipinski definition) is 3. The Labute approximate surface area is 132 Å². The molecular weight excluding hydrogens is 309 g/mol. The van der Waals surface area contributed by atoms with Crippen LogP contribution in [0.15, 0.2) is 18.2 Å². The minimum Gasteiger partial charge on any atom is -0.400 e. The number of benzene rings is 1. The van der Waals surface area contributed by atoms with Crippen molar-refractivity contribution in [1.82, 2.24) is 0 Å². The van der Waals surface area contributed by atoms with Crippen molar-refractivity contribution in [2.45, 2.75) is 25.4 Å². The lowest BCUT2D eigenvalue weighted by Crippen LogP contribution is -2.25. The molecule has 2 aliphatic rings. The minimum absolute atomic E-state index is 0.135. The summed E-state index contributed by atoms with van der Waals surface area (Å²) in [5, 5.41) is 15.8. The molecular formula is C16H17F3N2O2. The molecule has 1 atom stereocenters. The number of carbonyl (C=O) groups excluding carboxylic acids is 1. The fraction of sp³-hybridized carbons (Fsp3) is 0.500. The summed E-state index contributed by atoms with van der Waals surface area (Å²) >= 11 is 0. The van der Waals surface area contributed by atoms with Gasteiger partial charge < -0.3 is 10.0 Å². The number of nitriles is 1. The maximum absolute atomic E-state index is 13.0. The monoisotopic (exact) mass is 326 g/mol. The zero-order valence-electron chi connectivity index (χ0n) is 12.6. The van der Waals surface area contributed by atoms with Gasteiger partial charge in [-0.15, -0.1) is 0 Å². The number of aliphatic hydroxyl groups is 1. The number of hydrogen-bond donors (Lipinski definition) is 1. The summed E-state index contributed by atoms with van der Waals surface area (Å²) in [5.41, 5.74) is -1.17. The Kier molecular flexibility index (Phi) is 4.95. The summed E-state index contributed by atoms with van der Waals surface area (Å²) in [4.78, 5) is 13.4. The van der Waals surface area contributed by atoms with Crippen molar-refractivity contribution < 1.29 is 23.1 Å². The highest BCUT2D eigenvalue weighted by Crippen LogP contribution is 2.43. The van der Waals surface area contributed by atoms with E-state index in [4.69, 9.17) is 10.4 Å². The Balaban J connectivity index is 0.000000924. The van der Waals surface area contributed by atoms with Gasteiger partial charge in [-0.2, -0.15) is 18.4 Å². The second-order valence-corrected chi connectivity index (χ2v) is 5.65. The second kappa shape index (κ2) is 6.59. The van der Waals surface area contributed by atoms with E-state index in [9.17, 15) is 18.0 Å². The highest BCUT2D eigenvalue weighted by Gasteiger charge is 2.41. The molecule has 1 N–H and O–H groups in total. The molecule has 3 rings (SSSR count). The van der Waals surface area contributed by atoms with Crippen LogP contribution in [0.1, 0.15) is 30.4 Å². The number of anilines is 1. The van der Waals surface area contributed by atoms with Gasteiger partial charge in [-0.3, -0.25) is 4.79 Å². The van der Waals surface area contributed by atoms with Gasteiger partial charge >= 0.3 is 6.18 Å². The van der Waals surface area contributed by atoms with Crippen LogP contribution in [0, 0.1) is 23.2 Å². The summed E-state index contributed by atoms with van der Waals surface area (Å²) in [6, 6.07) is 5.01. The van der Waals surface area contributed by atoms with Gasteiger partial charge in [0.05, 0.1) is 17.2 Å². The van der Waals surface area contributed by atoms with Gasteiger partial charge in [0.15, 0.2) is 0 Å². The predicted molar refractivity (Wildman–Crippen MR) is 77.5 cm³/mol. The maximum atomic E-state index is 13.0. The number of halogens is 3. The molecule has 1 unspecified atom stereocenters. The first-order valence-corrected chi connectivity index (χ1v) is 7.26. The third kappa shape index (κ3) is 3.64. The second-order valence-electron chi connectivity index (χ2n) is 5.65. The number of rotatable bonds is 2. The lowest BCUT2D eigenvalue weighted by molar-refractivity contribution is -0.137. The minimum atomic E-state index is -4.60. The molecule has 7 heteroatoms. The number of alkyl halides is 3. The Hall–Kier alpha value is -2.07. The van der Waals surface area contributed by atoms with Crippen molar-refractivity contribution in [3.05, 3.63) is 29.3 Å². The molecule has 1 amide bonds. The lowest BCUT2D eigenvalue weighted by Gasteiger charge is -2.19. The van der Waals surface area contributed by atoms with E-state index in [1.165, 1.54) is 11.0 Å². The summed E-state index contributed by atoms with van der Waals surface area (Å²) in [7, 11) is 1.00. The number of carbonyl (C=O) groups is 1. The fourth-order valence-electron chi connectivity index (χ4n) is 2.90. The van der Waals surface area contributed by atoms with Gasteiger partial charge in [-0.05, 0) is 42.9 Å². The number of amides is 1. The summed E-state index contributed by atoms with van der Waals surface area (Å²) in [6.07, 6.45) is -1.98. The first-order chi connectivity index (χ1) is 10.9. The average molecular weight is 326 g/mol. The molecule has 1 saturated carbocycles. The smallest absolute Gasteiger partial charge is 0.400 e. The van der Waals surface area contributed by atoms with Gasteiger partial charge in [0.25, 0.3) is 0 Å². The van der Waals surface area contributed by atoms with E-state index in [1.54, 1.807) is 6.07 Å². The molecule has 124 valence electrons. The van der Waals surface area contributed by atoms with Crippen LogP contribution < -0.4 is 4.90 Å². The summed E-state index contributed by atoms with van der Waals surface area (Å²) < 4.78 is 38.9. The molecule has 1 aliphatic carbocycles. The molecule has 0 bridgehead atoms. The molecule has 0 radical (unpaired) electrons. The molecule has 1 saturated heterocycles. The van der Waals surface area contributed by atoms with E-state index >= 15 is 0 Å². The van der Waals surface area contributed by atoms with E-state index in [2.05, 4.69) is 0 Å². The van der Waals surface area contributed by atoms with Crippen molar-refractivity contribution >= 4 is 11.6 Å². The quantitative estimate of drug-likeness (QED) is 0.909. The Bertz CT molecular complexity index is 633. The molecule has 4 nitrogen and oxygen atoms in total. The molecule has 23 heavy (non-hydrogen) atoms. The topological polar surface area (TPSA) is 64.3 Å². The van der Waals surface area contributed by atoms with Gasteiger partial charge in [0.1, 0.15) is 0 Å². The van der Waals surface area contributed by atoms with Gasteiger partial charge in [-0.25, -0.2) is 0 Å². The van der Waals surface area contributed by atoms with Crippen LogP contribution in [0.5, 0.6) is 0 Å². The maximum Gasteiger partial charge on any atom is 0.417 e. The van der Waals surface area contributed by atoms with Crippen LogP contribution in [0.3, 0.4) is 0 Å². The molecule has 0 aromatic heterocycles. The van der Waals surface area contributed by atoms with Crippen LogP contribution in [0.25, 0.3) is 0 Å². The van der Waals surface area contributed by atoms with Crippen molar-refractivity contribution in [2.24, 2.45) is 11.8 Å². The normalized spacial score (nSPS) is 20.8. The predicted octanol–water partition coefficient (Wildman–Crippen LogP) is 2.95.